The third-order valence-electron chi connectivity index (χ3n) is 2.65. The van der Waals surface area contributed by atoms with E-state index in [0.29, 0.717) is 5.56 Å². The number of aryl methyl sites for hydroxylation is 1. The number of nitrogens with one attached hydrogen (secondary N) is 1. The zero-order valence-corrected chi connectivity index (χ0v) is 12.1. The van der Waals surface area contributed by atoms with E-state index in [9.17, 15) is 12.8 Å². The van der Waals surface area contributed by atoms with Gasteiger partial charge < -0.3 is 9.47 Å². The van der Waals surface area contributed by atoms with Gasteiger partial charge >= 0.3 is 0 Å². The first-order chi connectivity index (χ1) is 8.81. The van der Waals surface area contributed by atoms with Gasteiger partial charge in [-0.15, -0.1) is 0 Å². The van der Waals surface area contributed by atoms with Gasteiger partial charge in [0.1, 0.15) is 5.82 Å². The molecule has 0 aromatic heterocycles. The fraction of sp³-hybridized carbons (Fsp3) is 0.500. The second kappa shape index (κ2) is 6.42. The van der Waals surface area contributed by atoms with Crippen molar-refractivity contribution in [3.8, 4) is 0 Å². The van der Waals surface area contributed by atoms with E-state index in [-0.39, 0.29) is 4.90 Å². The second-order valence-corrected chi connectivity index (χ2v) is 5.84. The summed E-state index contributed by atoms with van der Waals surface area (Å²) in [6, 6.07) is 3.01. The van der Waals surface area contributed by atoms with Gasteiger partial charge in [0.05, 0.1) is 10.9 Å². The van der Waals surface area contributed by atoms with Crippen molar-refractivity contribution in [3.63, 3.8) is 0 Å². The Bertz CT molecular complexity index is 529. The van der Waals surface area contributed by atoms with Gasteiger partial charge in [0.15, 0.2) is 6.29 Å². The van der Waals surface area contributed by atoms with Gasteiger partial charge in [-0.1, -0.05) is 6.07 Å². The molecule has 108 valence electrons. The van der Waals surface area contributed by atoms with Gasteiger partial charge in [0.25, 0.3) is 0 Å². The third-order valence-corrected chi connectivity index (χ3v) is 4.35. The predicted molar refractivity (Wildman–Crippen MR) is 68.7 cm³/mol. The maximum absolute atomic E-state index is 13.2. The molecule has 1 rings (SSSR count). The van der Waals surface area contributed by atoms with Gasteiger partial charge in [-0.2, -0.15) is 0 Å². The quantitative estimate of drug-likeness (QED) is 0.805. The zero-order chi connectivity index (χ0) is 14.6. The molecule has 1 N–H and O–H groups in total. The van der Waals surface area contributed by atoms with Crippen molar-refractivity contribution in [3.05, 3.63) is 29.6 Å². The maximum Gasteiger partial charge on any atom is 0.241 e. The van der Waals surface area contributed by atoms with Gasteiger partial charge in [0, 0.05) is 14.2 Å². The van der Waals surface area contributed by atoms with Crippen LogP contribution in [0, 0.1) is 12.7 Å². The van der Waals surface area contributed by atoms with E-state index in [0.717, 1.165) is 6.07 Å². The highest BCUT2D eigenvalue weighted by molar-refractivity contribution is 7.89. The summed E-state index contributed by atoms with van der Waals surface area (Å²) < 4.78 is 49.8. The molecule has 0 saturated carbocycles. The van der Waals surface area contributed by atoms with Crippen LogP contribution in [-0.2, 0) is 19.5 Å². The van der Waals surface area contributed by atoms with Crippen LogP contribution in [0.5, 0.6) is 0 Å². The molecule has 5 nitrogen and oxygen atoms in total. The molecule has 0 spiro atoms. The number of benzene rings is 1. The largest absolute Gasteiger partial charge is 0.354 e. The van der Waals surface area contributed by atoms with E-state index in [4.69, 9.17) is 9.47 Å². The monoisotopic (exact) mass is 291 g/mol. The Morgan fingerprint density at radius 2 is 1.84 bits per heavy atom. The van der Waals surface area contributed by atoms with E-state index < -0.39 is 28.2 Å². The molecule has 19 heavy (non-hydrogen) atoms. The van der Waals surface area contributed by atoms with Crippen molar-refractivity contribution in [1.82, 2.24) is 4.72 Å². The highest BCUT2D eigenvalue weighted by atomic mass is 32.2. The zero-order valence-electron chi connectivity index (χ0n) is 11.3. The SMILES string of the molecule is COC(OC)C(C)NS(=O)(=O)c1cc(F)ccc1C. The lowest BCUT2D eigenvalue weighted by Gasteiger charge is -2.22. The normalized spacial score (nSPS) is 13.8. The minimum Gasteiger partial charge on any atom is -0.354 e. The summed E-state index contributed by atoms with van der Waals surface area (Å²) in [5, 5.41) is 0. The lowest BCUT2D eigenvalue weighted by atomic mass is 10.2. The van der Waals surface area contributed by atoms with E-state index in [1.807, 2.05) is 0 Å². The lowest BCUT2D eigenvalue weighted by molar-refractivity contribution is -0.115. The van der Waals surface area contributed by atoms with Crippen molar-refractivity contribution >= 4 is 10.0 Å². The lowest BCUT2D eigenvalue weighted by Crippen LogP contribution is -2.43. The first-order valence-electron chi connectivity index (χ1n) is 5.66. The summed E-state index contributed by atoms with van der Waals surface area (Å²) in [6.07, 6.45) is -0.719. The molecule has 1 atom stereocenters. The van der Waals surface area contributed by atoms with Crippen LogP contribution >= 0.6 is 0 Å². The molecule has 7 heteroatoms. The van der Waals surface area contributed by atoms with E-state index in [1.54, 1.807) is 13.8 Å². The molecule has 1 unspecified atom stereocenters. The summed E-state index contributed by atoms with van der Waals surface area (Å²) in [4.78, 5) is -0.0923. The number of ether oxygens (including phenoxy) is 2. The minimum atomic E-state index is -3.83. The van der Waals surface area contributed by atoms with Gasteiger partial charge in [0.2, 0.25) is 10.0 Å². The van der Waals surface area contributed by atoms with Crippen molar-refractivity contribution in [2.45, 2.75) is 31.1 Å². The van der Waals surface area contributed by atoms with Crippen LogP contribution < -0.4 is 4.72 Å². The van der Waals surface area contributed by atoms with Crippen LogP contribution in [-0.4, -0.2) is 35.0 Å². The number of sulfonamides is 1. The first-order valence-corrected chi connectivity index (χ1v) is 7.14. The van der Waals surface area contributed by atoms with Crippen LogP contribution in [0.2, 0.25) is 0 Å². The summed E-state index contributed by atoms with van der Waals surface area (Å²) in [7, 11) is -1.01. The first kappa shape index (κ1) is 16.0. The Morgan fingerprint density at radius 3 is 2.37 bits per heavy atom. The number of hydrogen-bond acceptors (Lipinski definition) is 4. The van der Waals surface area contributed by atoms with Crippen molar-refractivity contribution in [1.29, 1.82) is 0 Å². The smallest absolute Gasteiger partial charge is 0.241 e. The Morgan fingerprint density at radius 1 is 1.26 bits per heavy atom. The molecule has 0 bridgehead atoms. The molecule has 0 amide bonds. The van der Waals surface area contributed by atoms with E-state index in [2.05, 4.69) is 4.72 Å². The van der Waals surface area contributed by atoms with Crippen LogP contribution in [0.15, 0.2) is 23.1 Å². The molecule has 0 heterocycles. The number of rotatable bonds is 6. The average Bonchev–Trinajstić information content (AvgIpc) is 2.33. The Labute approximate surface area is 112 Å². The van der Waals surface area contributed by atoms with Crippen LogP contribution in [0.4, 0.5) is 4.39 Å². The molecule has 1 aromatic rings. The van der Waals surface area contributed by atoms with E-state index in [1.165, 1.54) is 26.4 Å². The van der Waals surface area contributed by atoms with Crippen molar-refractivity contribution in [2.24, 2.45) is 0 Å². The molecular formula is C12H18FNO4S. The highest BCUT2D eigenvalue weighted by Gasteiger charge is 2.25. The number of methoxy groups -OCH3 is 2. The summed E-state index contributed by atoms with van der Waals surface area (Å²) in [6.45, 7) is 3.20. The second-order valence-electron chi connectivity index (χ2n) is 4.16. The molecule has 1 aromatic carbocycles. The van der Waals surface area contributed by atoms with Gasteiger partial charge in [-0.05, 0) is 31.5 Å². The Hall–Kier alpha value is -1.02. The summed E-state index contributed by atoms with van der Waals surface area (Å²) in [5.41, 5.74) is 0.465. The molecule has 0 radical (unpaired) electrons. The molecular weight excluding hydrogens is 273 g/mol. The minimum absolute atomic E-state index is 0.0923. The van der Waals surface area contributed by atoms with Gasteiger partial charge in [-0.3, -0.25) is 0 Å². The molecule has 0 aliphatic rings. The highest BCUT2D eigenvalue weighted by Crippen LogP contribution is 2.17. The fourth-order valence-corrected chi connectivity index (χ4v) is 3.22. The fourth-order valence-electron chi connectivity index (χ4n) is 1.73. The summed E-state index contributed by atoms with van der Waals surface area (Å²) in [5.74, 6) is -0.603. The molecule has 0 saturated heterocycles. The Kier molecular flexibility index (Phi) is 5.42. The number of halogens is 1. The van der Waals surface area contributed by atoms with E-state index >= 15 is 0 Å². The van der Waals surface area contributed by atoms with Gasteiger partial charge in [-0.25, -0.2) is 17.5 Å². The molecule has 0 aliphatic heterocycles. The topological polar surface area (TPSA) is 64.6 Å². The van der Waals surface area contributed by atoms with Crippen molar-refractivity contribution < 1.29 is 22.3 Å². The standard InChI is InChI=1S/C12H18FNO4S/c1-8-5-6-10(13)7-11(8)19(15,16)14-9(2)12(17-3)18-4/h5-7,9,12,14H,1-4H3. The number of hydrogen-bond donors (Lipinski definition) is 1. The predicted octanol–water partition coefficient (Wildman–Crippen LogP) is 1.42. The molecule has 0 aliphatic carbocycles. The third kappa shape index (κ3) is 3.97. The molecule has 0 fully saturated rings. The average molecular weight is 291 g/mol. The van der Waals surface area contributed by atoms with Crippen molar-refractivity contribution in [2.75, 3.05) is 14.2 Å². The summed E-state index contributed by atoms with van der Waals surface area (Å²) >= 11 is 0. The van der Waals surface area contributed by atoms with Crippen LogP contribution in [0.25, 0.3) is 0 Å². The van der Waals surface area contributed by atoms with Crippen LogP contribution in [0.1, 0.15) is 12.5 Å². The maximum atomic E-state index is 13.2. The van der Waals surface area contributed by atoms with Crippen LogP contribution in [0.3, 0.4) is 0 Å². The Balaban J connectivity index is 3.01.